The number of thiazole rings is 1. The number of nitrogens with zero attached hydrogens (tertiary/aromatic N) is 3. The van der Waals surface area contributed by atoms with E-state index in [1.165, 1.54) is 11.3 Å². The summed E-state index contributed by atoms with van der Waals surface area (Å²) in [4.78, 5) is 24.9. The summed E-state index contributed by atoms with van der Waals surface area (Å²) in [6.07, 6.45) is 3.70. The third-order valence-corrected chi connectivity index (χ3v) is 6.04. The second-order valence-electron chi connectivity index (χ2n) is 6.58. The molecule has 1 unspecified atom stereocenters. The van der Waals surface area contributed by atoms with Gasteiger partial charge in [0.15, 0.2) is 0 Å². The van der Waals surface area contributed by atoms with Crippen molar-refractivity contribution in [1.29, 1.82) is 0 Å². The lowest BCUT2D eigenvalue weighted by molar-refractivity contribution is 0.0739. The summed E-state index contributed by atoms with van der Waals surface area (Å²) in [6, 6.07) is 13.8. The van der Waals surface area contributed by atoms with E-state index >= 15 is 0 Å². The van der Waals surface area contributed by atoms with Crippen molar-refractivity contribution in [2.75, 3.05) is 13.7 Å². The van der Waals surface area contributed by atoms with E-state index in [2.05, 4.69) is 16.0 Å². The molecule has 1 fully saturated rings. The van der Waals surface area contributed by atoms with Crippen molar-refractivity contribution >= 4 is 17.2 Å². The van der Waals surface area contributed by atoms with Crippen LogP contribution >= 0.6 is 11.3 Å². The molecule has 0 saturated carbocycles. The molecule has 0 radical (unpaired) electrons. The summed E-state index contributed by atoms with van der Waals surface area (Å²) in [5.74, 6) is 0.871. The Hall–Kier alpha value is -2.73. The zero-order chi connectivity index (χ0) is 18.8. The van der Waals surface area contributed by atoms with Gasteiger partial charge in [-0.25, -0.2) is 4.98 Å². The smallest absolute Gasteiger partial charge is 0.266 e. The van der Waals surface area contributed by atoms with Crippen molar-refractivity contribution in [3.8, 4) is 16.5 Å². The molecule has 1 atom stereocenters. The number of likely N-dealkylation sites (tertiary alicyclic amines) is 1. The topological polar surface area (TPSA) is 55.3 Å². The standard InChI is InChI=1S/C21H21N3O2S/c1-14-19(27-20(23-14)17-9-3-4-11-22-17)21(25)24-12-6-10-18(24)15-7-5-8-16(13-15)26-2/h3-5,7-9,11,13,18H,6,10,12H2,1-2H3. The fourth-order valence-electron chi connectivity index (χ4n) is 3.53. The number of rotatable bonds is 4. The summed E-state index contributed by atoms with van der Waals surface area (Å²) >= 11 is 1.42. The Morgan fingerprint density at radius 2 is 2.15 bits per heavy atom. The predicted octanol–water partition coefficient (Wildman–Crippen LogP) is 4.50. The van der Waals surface area contributed by atoms with Crippen molar-refractivity contribution in [1.82, 2.24) is 14.9 Å². The molecule has 1 amide bonds. The van der Waals surface area contributed by atoms with E-state index in [4.69, 9.17) is 4.74 Å². The van der Waals surface area contributed by atoms with Crippen LogP contribution in [0.4, 0.5) is 0 Å². The van der Waals surface area contributed by atoms with E-state index in [9.17, 15) is 4.79 Å². The van der Waals surface area contributed by atoms with Crippen LogP contribution in [0.3, 0.4) is 0 Å². The normalized spacial score (nSPS) is 16.5. The van der Waals surface area contributed by atoms with E-state index in [1.807, 2.05) is 48.2 Å². The summed E-state index contributed by atoms with van der Waals surface area (Å²) in [6.45, 7) is 2.66. The van der Waals surface area contributed by atoms with Crippen LogP contribution in [-0.2, 0) is 0 Å². The maximum Gasteiger partial charge on any atom is 0.266 e. The quantitative estimate of drug-likeness (QED) is 0.670. The molecular formula is C21H21N3O2S. The Morgan fingerprint density at radius 1 is 1.26 bits per heavy atom. The highest BCUT2D eigenvalue weighted by Gasteiger charge is 2.32. The Bertz CT molecular complexity index is 955. The summed E-state index contributed by atoms with van der Waals surface area (Å²) < 4.78 is 5.35. The van der Waals surface area contributed by atoms with E-state index in [0.29, 0.717) is 4.88 Å². The van der Waals surface area contributed by atoms with Crippen LogP contribution in [0.5, 0.6) is 5.75 Å². The van der Waals surface area contributed by atoms with Crippen molar-refractivity contribution in [2.24, 2.45) is 0 Å². The van der Waals surface area contributed by atoms with E-state index in [1.54, 1.807) is 13.3 Å². The fourth-order valence-corrected chi connectivity index (χ4v) is 4.53. The summed E-state index contributed by atoms with van der Waals surface area (Å²) in [7, 11) is 1.66. The van der Waals surface area contributed by atoms with Gasteiger partial charge in [-0.3, -0.25) is 9.78 Å². The highest BCUT2D eigenvalue weighted by atomic mass is 32.1. The van der Waals surface area contributed by atoms with E-state index in [-0.39, 0.29) is 11.9 Å². The van der Waals surface area contributed by atoms with Crippen LogP contribution < -0.4 is 4.74 Å². The van der Waals surface area contributed by atoms with Crippen LogP contribution in [0, 0.1) is 6.92 Å². The third kappa shape index (κ3) is 3.45. The minimum Gasteiger partial charge on any atom is -0.497 e. The van der Waals surface area contributed by atoms with Gasteiger partial charge in [0.2, 0.25) is 0 Å². The number of pyridine rings is 1. The SMILES string of the molecule is COc1cccc(C2CCCN2C(=O)c2sc(-c3ccccn3)nc2C)c1. The Balaban J connectivity index is 1.63. The number of hydrogen-bond acceptors (Lipinski definition) is 5. The van der Waals surface area contributed by atoms with Gasteiger partial charge in [0.1, 0.15) is 15.6 Å². The Labute approximate surface area is 162 Å². The fraction of sp³-hybridized carbons (Fsp3) is 0.286. The first-order valence-electron chi connectivity index (χ1n) is 9.01. The molecule has 3 heterocycles. The first-order valence-corrected chi connectivity index (χ1v) is 9.83. The second-order valence-corrected chi connectivity index (χ2v) is 7.58. The van der Waals surface area contributed by atoms with Gasteiger partial charge < -0.3 is 9.64 Å². The molecule has 4 rings (SSSR count). The molecule has 138 valence electrons. The lowest BCUT2D eigenvalue weighted by Gasteiger charge is -2.25. The van der Waals surface area contributed by atoms with Gasteiger partial charge in [0.25, 0.3) is 5.91 Å². The lowest BCUT2D eigenvalue weighted by Crippen LogP contribution is -2.30. The number of amides is 1. The maximum atomic E-state index is 13.3. The van der Waals surface area contributed by atoms with Gasteiger partial charge >= 0.3 is 0 Å². The number of carbonyl (C=O) groups excluding carboxylic acids is 1. The number of carbonyl (C=O) groups is 1. The molecule has 0 aliphatic carbocycles. The van der Waals surface area contributed by atoms with E-state index in [0.717, 1.165) is 47.1 Å². The van der Waals surface area contributed by atoms with E-state index < -0.39 is 0 Å². The van der Waals surface area contributed by atoms with Crippen LogP contribution in [0.2, 0.25) is 0 Å². The highest BCUT2D eigenvalue weighted by Crippen LogP contribution is 2.36. The first kappa shape index (κ1) is 17.7. The van der Waals surface area contributed by atoms with Crippen LogP contribution in [0.1, 0.15) is 39.8 Å². The van der Waals surface area contributed by atoms with Gasteiger partial charge in [0.05, 0.1) is 24.5 Å². The Morgan fingerprint density at radius 3 is 2.93 bits per heavy atom. The van der Waals surface area contributed by atoms with Gasteiger partial charge in [-0.1, -0.05) is 18.2 Å². The molecule has 0 spiro atoms. The highest BCUT2D eigenvalue weighted by molar-refractivity contribution is 7.17. The number of ether oxygens (including phenoxy) is 1. The molecular weight excluding hydrogens is 358 g/mol. The second kappa shape index (κ2) is 7.48. The molecule has 1 aliphatic heterocycles. The Kier molecular flexibility index (Phi) is 4.90. The average Bonchev–Trinajstić information content (AvgIpc) is 3.35. The predicted molar refractivity (Wildman–Crippen MR) is 106 cm³/mol. The van der Waals surface area contributed by atoms with Gasteiger partial charge in [-0.2, -0.15) is 0 Å². The van der Waals surface area contributed by atoms with Crippen LogP contribution in [0.15, 0.2) is 48.7 Å². The van der Waals surface area contributed by atoms with Gasteiger partial charge in [0, 0.05) is 12.7 Å². The van der Waals surface area contributed by atoms with Crippen LogP contribution in [-0.4, -0.2) is 34.4 Å². The zero-order valence-corrected chi connectivity index (χ0v) is 16.2. The van der Waals surface area contributed by atoms with Gasteiger partial charge in [-0.05, 0) is 49.6 Å². The average molecular weight is 379 g/mol. The number of aromatic nitrogens is 2. The lowest BCUT2D eigenvalue weighted by atomic mass is 10.0. The maximum absolute atomic E-state index is 13.3. The molecule has 1 aliphatic rings. The minimum absolute atomic E-state index is 0.0532. The molecule has 0 N–H and O–H groups in total. The van der Waals surface area contributed by atoms with Crippen molar-refractivity contribution in [2.45, 2.75) is 25.8 Å². The van der Waals surface area contributed by atoms with Crippen molar-refractivity contribution in [3.63, 3.8) is 0 Å². The summed E-state index contributed by atoms with van der Waals surface area (Å²) in [5, 5.41) is 0.786. The molecule has 2 aromatic heterocycles. The first-order chi connectivity index (χ1) is 13.2. The monoisotopic (exact) mass is 379 g/mol. The van der Waals surface area contributed by atoms with Crippen molar-refractivity contribution < 1.29 is 9.53 Å². The minimum atomic E-state index is 0.0532. The molecule has 27 heavy (non-hydrogen) atoms. The number of methoxy groups -OCH3 is 1. The largest absolute Gasteiger partial charge is 0.497 e. The number of aryl methyl sites for hydroxylation is 1. The van der Waals surface area contributed by atoms with Crippen LogP contribution in [0.25, 0.3) is 10.7 Å². The van der Waals surface area contributed by atoms with Gasteiger partial charge in [-0.15, -0.1) is 11.3 Å². The number of benzene rings is 1. The third-order valence-electron chi connectivity index (χ3n) is 4.87. The molecule has 3 aromatic rings. The molecule has 1 saturated heterocycles. The van der Waals surface area contributed by atoms with Crippen molar-refractivity contribution in [3.05, 3.63) is 64.8 Å². The molecule has 0 bridgehead atoms. The molecule has 6 heteroatoms. The number of hydrogen-bond donors (Lipinski definition) is 0. The summed E-state index contributed by atoms with van der Waals surface area (Å²) in [5.41, 5.74) is 2.68. The zero-order valence-electron chi connectivity index (χ0n) is 15.4. The molecule has 1 aromatic carbocycles. The molecule has 5 nitrogen and oxygen atoms in total.